The average molecular weight is 380 g/mol. The van der Waals surface area contributed by atoms with Crippen LogP contribution >= 0.6 is 0 Å². The average Bonchev–Trinajstić information content (AvgIpc) is 3.04. The summed E-state index contributed by atoms with van der Waals surface area (Å²) in [6.07, 6.45) is 9.92. The normalized spacial score (nSPS) is 13.3. The number of pyridine rings is 1. The lowest BCUT2D eigenvalue weighted by Crippen LogP contribution is -2.04. The quantitative estimate of drug-likeness (QED) is 0.553. The summed E-state index contributed by atoms with van der Waals surface area (Å²) in [6, 6.07) is 12.8. The van der Waals surface area contributed by atoms with Crippen molar-refractivity contribution >= 4 is 16.6 Å². The van der Waals surface area contributed by atoms with E-state index in [4.69, 9.17) is 5.10 Å². The molecule has 1 aliphatic rings. The van der Waals surface area contributed by atoms with E-state index in [0.717, 1.165) is 41.6 Å². The molecule has 0 saturated heterocycles. The zero-order valence-corrected chi connectivity index (χ0v) is 16.9. The summed E-state index contributed by atoms with van der Waals surface area (Å²) in [6.45, 7) is 8.50. The Balaban J connectivity index is 1.60. The van der Waals surface area contributed by atoms with Crippen LogP contribution in [0.25, 0.3) is 16.6 Å². The highest BCUT2D eigenvalue weighted by Crippen LogP contribution is 2.27. The van der Waals surface area contributed by atoms with E-state index in [0.29, 0.717) is 17.8 Å². The van der Waals surface area contributed by atoms with Crippen molar-refractivity contribution < 1.29 is 0 Å². The first-order valence-corrected chi connectivity index (χ1v) is 9.91. The third-order valence-electron chi connectivity index (χ3n) is 5.44. The van der Waals surface area contributed by atoms with Crippen LogP contribution in [0, 0.1) is 25.2 Å². The SMILES string of the molecule is C=C(C#N)c1cc(C)nc2nn(Cc3ccc(CC4=CC=CCC4)cc3)c(C)c12. The number of aromatic nitrogens is 3. The van der Waals surface area contributed by atoms with Gasteiger partial charge in [0.15, 0.2) is 5.65 Å². The number of fused-ring (bicyclic) bond motifs is 1. The Kier molecular flexibility index (Phi) is 5.14. The highest BCUT2D eigenvalue weighted by molar-refractivity contribution is 5.94. The van der Waals surface area contributed by atoms with Crippen molar-refractivity contribution in [2.45, 2.75) is 39.7 Å². The van der Waals surface area contributed by atoms with Gasteiger partial charge >= 0.3 is 0 Å². The van der Waals surface area contributed by atoms with Gasteiger partial charge in [0.2, 0.25) is 0 Å². The zero-order valence-electron chi connectivity index (χ0n) is 16.9. The number of nitrogens with zero attached hydrogens (tertiary/aromatic N) is 4. The monoisotopic (exact) mass is 380 g/mol. The number of benzene rings is 1. The Morgan fingerprint density at radius 2 is 1.97 bits per heavy atom. The standard InChI is InChI=1S/C25H24N4/c1-17(15-26)23-13-18(2)27-25-24(23)19(3)29(28-25)16-22-11-9-21(10-12-22)14-20-7-5-4-6-8-20/h4-5,7,9-13H,1,6,8,14,16H2,2-3H3. The molecule has 144 valence electrons. The van der Waals surface area contributed by atoms with E-state index in [9.17, 15) is 5.26 Å². The first-order chi connectivity index (χ1) is 14.0. The van der Waals surface area contributed by atoms with Crippen LogP contribution in [0.4, 0.5) is 0 Å². The van der Waals surface area contributed by atoms with Gasteiger partial charge in [0.25, 0.3) is 0 Å². The molecule has 4 rings (SSSR count). The molecule has 0 N–H and O–H groups in total. The zero-order chi connectivity index (χ0) is 20.4. The maximum absolute atomic E-state index is 9.31. The molecule has 4 heteroatoms. The van der Waals surface area contributed by atoms with Crippen LogP contribution in [0.3, 0.4) is 0 Å². The fourth-order valence-electron chi connectivity index (χ4n) is 3.85. The topological polar surface area (TPSA) is 54.5 Å². The molecule has 29 heavy (non-hydrogen) atoms. The predicted octanol–water partition coefficient (Wildman–Crippen LogP) is 5.45. The summed E-state index contributed by atoms with van der Waals surface area (Å²) in [7, 11) is 0. The fourth-order valence-corrected chi connectivity index (χ4v) is 3.85. The van der Waals surface area contributed by atoms with Gasteiger partial charge in [-0.25, -0.2) is 4.98 Å². The number of rotatable bonds is 5. The summed E-state index contributed by atoms with van der Waals surface area (Å²) >= 11 is 0. The van der Waals surface area contributed by atoms with Gasteiger partial charge in [0.1, 0.15) is 0 Å². The number of hydrogen-bond donors (Lipinski definition) is 0. The van der Waals surface area contributed by atoms with Crippen LogP contribution in [-0.2, 0) is 13.0 Å². The fraction of sp³-hybridized carbons (Fsp3) is 0.240. The van der Waals surface area contributed by atoms with Crippen molar-refractivity contribution in [2.24, 2.45) is 0 Å². The molecule has 2 aromatic heterocycles. The smallest absolute Gasteiger partial charge is 0.182 e. The molecule has 0 amide bonds. The highest BCUT2D eigenvalue weighted by Gasteiger charge is 2.16. The predicted molar refractivity (Wildman–Crippen MR) is 117 cm³/mol. The van der Waals surface area contributed by atoms with Crippen molar-refractivity contribution in [2.75, 3.05) is 0 Å². The minimum absolute atomic E-state index is 0.444. The summed E-state index contributed by atoms with van der Waals surface area (Å²) < 4.78 is 1.97. The molecule has 0 fully saturated rings. The largest absolute Gasteiger partial charge is 0.263 e. The van der Waals surface area contributed by atoms with E-state index in [1.807, 2.05) is 24.6 Å². The van der Waals surface area contributed by atoms with Gasteiger partial charge in [-0.05, 0) is 50.3 Å². The van der Waals surface area contributed by atoms with Gasteiger partial charge in [-0.2, -0.15) is 10.4 Å². The summed E-state index contributed by atoms with van der Waals surface area (Å²) in [5, 5.41) is 14.9. The van der Waals surface area contributed by atoms with Crippen LogP contribution in [-0.4, -0.2) is 14.8 Å². The molecular weight excluding hydrogens is 356 g/mol. The molecular formula is C25H24N4. The molecule has 0 atom stereocenters. The van der Waals surface area contributed by atoms with E-state index in [1.165, 1.54) is 16.7 Å². The maximum atomic E-state index is 9.31. The van der Waals surface area contributed by atoms with Gasteiger partial charge in [0.05, 0.1) is 23.6 Å². The first-order valence-electron chi connectivity index (χ1n) is 9.91. The Morgan fingerprint density at radius 1 is 1.21 bits per heavy atom. The van der Waals surface area contributed by atoms with Crippen LogP contribution in [0.2, 0.25) is 0 Å². The maximum Gasteiger partial charge on any atom is 0.182 e. The summed E-state index contributed by atoms with van der Waals surface area (Å²) in [5.41, 5.74) is 7.79. The number of aryl methyl sites for hydroxylation is 2. The van der Waals surface area contributed by atoms with Gasteiger partial charge in [-0.15, -0.1) is 0 Å². The molecule has 0 spiro atoms. The molecule has 0 aliphatic heterocycles. The van der Waals surface area contributed by atoms with Crippen molar-refractivity contribution in [3.05, 3.63) is 88.8 Å². The number of nitriles is 1. The third-order valence-corrected chi connectivity index (χ3v) is 5.44. The molecule has 0 unspecified atom stereocenters. The second-order valence-corrected chi connectivity index (χ2v) is 7.63. The van der Waals surface area contributed by atoms with E-state index < -0.39 is 0 Å². The van der Waals surface area contributed by atoms with Crippen LogP contribution in [0.5, 0.6) is 0 Å². The third kappa shape index (κ3) is 3.90. The lowest BCUT2D eigenvalue weighted by molar-refractivity contribution is 0.671. The number of allylic oxidation sites excluding steroid dienone is 5. The van der Waals surface area contributed by atoms with Crippen molar-refractivity contribution in [3.63, 3.8) is 0 Å². The van der Waals surface area contributed by atoms with Crippen LogP contribution in [0.15, 0.2) is 60.7 Å². The second-order valence-electron chi connectivity index (χ2n) is 7.63. The van der Waals surface area contributed by atoms with Crippen molar-refractivity contribution in [3.8, 4) is 6.07 Å². The molecule has 0 bridgehead atoms. The Morgan fingerprint density at radius 3 is 2.66 bits per heavy atom. The van der Waals surface area contributed by atoms with E-state index in [1.54, 1.807) is 0 Å². The molecule has 3 aromatic rings. The second kappa shape index (κ2) is 7.89. The lowest BCUT2D eigenvalue weighted by atomic mass is 9.97. The van der Waals surface area contributed by atoms with E-state index >= 15 is 0 Å². The van der Waals surface area contributed by atoms with Crippen molar-refractivity contribution in [1.29, 1.82) is 5.26 Å². The summed E-state index contributed by atoms with van der Waals surface area (Å²) in [5.74, 6) is 0. The Bertz CT molecular complexity index is 1180. The van der Waals surface area contributed by atoms with Crippen molar-refractivity contribution in [1.82, 2.24) is 14.8 Å². The Labute approximate surface area is 171 Å². The van der Waals surface area contributed by atoms with Gasteiger partial charge in [0, 0.05) is 17.0 Å². The molecule has 1 aliphatic carbocycles. The van der Waals surface area contributed by atoms with Gasteiger partial charge in [-0.1, -0.05) is 54.6 Å². The molecule has 2 heterocycles. The molecule has 4 nitrogen and oxygen atoms in total. The minimum Gasteiger partial charge on any atom is -0.263 e. The molecule has 0 radical (unpaired) electrons. The summed E-state index contributed by atoms with van der Waals surface area (Å²) in [4.78, 5) is 4.56. The Hall–Kier alpha value is -3.45. The van der Waals surface area contributed by atoms with Gasteiger partial charge < -0.3 is 0 Å². The molecule has 1 aromatic carbocycles. The van der Waals surface area contributed by atoms with E-state index in [2.05, 4.69) is 60.1 Å². The van der Waals surface area contributed by atoms with E-state index in [-0.39, 0.29) is 0 Å². The molecule has 0 saturated carbocycles. The first kappa shape index (κ1) is 18.9. The van der Waals surface area contributed by atoms with Gasteiger partial charge in [-0.3, -0.25) is 4.68 Å². The van der Waals surface area contributed by atoms with Crippen LogP contribution < -0.4 is 0 Å². The minimum atomic E-state index is 0.444. The lowest BCUT2D eigenvalue weighted by Gasteiger charge is -2.10. The van der Waals surface area contributed by atoms with Crippen LogP contribution in [0.1, 0.15) is 40.9 Å². The number of hydrogen-bond acceptors (Lipinski definition) is 3. The highest BCUT2D eigenvalue weighted by atomic mass is 15.3.